The number of ether oxygens (including phenoxy) is 3. The van der Waals surface area contributed by atoms with Crippen molar-refractivity contribution in [3.05, 3.63) is 65.3 Å². The summed E-state index contributed by atoms with van der Waals surface area (Å²) < 4.78 is 50.6. The van der Waals surface area contributed by atoms with E-state index < -0.39 is 18.4 Å². The van der Waals surface area contributed by atoms with Crippen LogP contribution in [0.1, 0.15) is 23.0 Å². The third-order valence-corrected chi connectivity index (χ3v) is 7.97. The SMILES string of the molecule is COc1cc(OCc2csc(-c3ccc(C(=O)NCC(C)(F)F)cc3)n2)c2cc(-c3cn4nc(OC)sc4n3)oc2c1. The Morgan fingerprint density at radius 1 is 1.12 bits per heavy atom. The van der Waals surface area contributed by atoms with E-state index in [9.17, 15) is 13.6 Å². The van der Waals surface area contributed by atoms with E-state index in [1.54, 1.807) is 61.3 Å². The maximum absolute atomic E-state index is 13.0. The van der Waals surface area contributed by atoms with E-state index in [1.807, 2.05) is 11.4 Å². The molecule has 2 aromatic carbocycles. The number of hydrogen-bond donors (Lipinski definition) is 1. The summed E-state index contributed by atoms with van der Waals surface area (Å²) in [4.78, 5) is 22.1. The zero-order valence-corrected chi connectivity index (χ0v) is 24.1. The molecule has 4 heterocycles. The summed E-state index contributed by atoms with van der Waals surface area (Å²) in [6.45, 7) is 0.218. The van der Waals surface area contributed by atoms with Crippen LogP contribution in [0.3, 0.4) is 0 Å². The van der Waals surface area contributed by atoms with Crippen molar-refractivity contribution in [2.75, 3.05) is 20.8 Å². The van der Waals surface area contributed by atoms with Crippen LogP contribution in [0.4, 0.5) is 8.78 Å². The molecule has 0 saturated heterocycles. The molecule has 1 N–H and O–H groups in total. The standard InChI is InChI=1S/C28H23F2N5O5S2/c1-28(29,30)14-31-24(36)15-4-6-16(7-5-15)25-32-17(13-41-25)12-39-21-8-18(37-2)9-22-19(21)10-23(40-22)20-11-35-26(33-20)42-27(34-35)38-3/h4-11,13H,12,14H2,1-3H3,(H,31,36). The first kappa shape index (κ1) is 27.6. The quantitative estimate of drug-likeness (QED) is 0.192. The Morgan fingerprint density at radius 3 is 2.64 bits per heavy atom. The van der Waals surface area contributed by atoms with Gasteiger partial charge in [0.15, 0.2) is 5.76 Å². The van der Waals surface area contributed by atoms with Gasteiger partial charge in [-0.3, -0.25) is 4.79 Å². The second-order valence-electron chi connectivity index (χ2n) is 9.34. The van der Waals surface area contributed by atoms with Crippen LogP contribution >= 0.6 is 22.7 Å². The number of benzene rings is 2. The van der Waals surface area contributed by atoms with Crippen LogP contribution in [0, 0.1) is 0 Å². The highest BCUT2D eigenvalue weighted by Crippen LogP contribution is 2.38. The van der Waals surface area contributed by atoms with Gasteiger partial charge >= 0.3 is 0 Å². The lowest BCUT2D eigenvalue weighted by Crippen LogP contribution is -2.34. The highest BCUT2D eigenvalue weighted by Gasteiger charge is 2.22. The van der Waals surface area contributed by atoms with Crippen LogP contribution in [-0.4, -0.2) is 52.2 Å². The molecule has 1 amide bonds. The van der Waals surface area contributed by atoms with Crippen LogP contribution in [0.2, 0.25) is 0 Å². The van der Waals surface area contributed by atoms with Gasteiger partial charge in [-0.05, 0) is 29.5 Å². The van der Waals surface area contributed by atoms with Crippen molar-refractivity contribution in [3.63, 3.8) is 0 Å². The summed E-state index contributed by atoms with van der Waals surface area (Å²) in [5.74, 6) is -1.86. The molecule has 42 heavy (non-hydrogen) atoms. The Hall–Kier alpha value is -4.56. The second kappa shape index (κ2) is 11.0. The lowest BCUT2D eigenvalue weighted by Gasteiger charge is -2.11. The number of fused-ring (bicyclic) bond motifs is 2. The molecule has 0 atom stereocenters. The molecule has 216 valence electrons. The summed E-state index contributed by atoms with van der Waals surface area (Å²) >= 11 is 2.75. The number of methoxy groups -OCH3 is 2. The van der Waals surface area contributed by atoms with E-state index in [1.165, 1.54) is 22.7 Å². The van der Waals surface area contributed by atoms with Gasteiger partial charge in [-0.25, -0.2) is 23.3 Å². The molecule has 0 fully saturated rings. The lowest BCUT2D eigenvalue weighted by molar-refractivity contribution is 0.0221. The molecule has 0 aliphatic carbocycles. The number of nitrogens with zero attached hydrogens (tertiary/aromatic N) is 4. The van der Waals surface area contributed by atoms with Crippen LogP contribution in [0.25, 0.3) is 38.0 Å². The van der Waals surface area contributed by atoms with E-state index in [4.69, 9.17) is 18.6 Å². The maximum atomic E-state index is 13.0. The zero-order valence-electron chi connectivity index (χ0n) is 22.5. The summed E-state index contributed by atoms with van der Waals surface area (Å²) in [5.41, 5.74) is 2.98. The Labute approximate surface area is 245 Å². The van der Waals surface area contributed by atoms with Gasteiger partial charge in [-0.2, -0.15) is 0 Å². The first-order valence-corrected chi connectivity index (χ1v) is 14.2. The number of hydrogen-bond acceptors (Lipinski definition) is 10. The molecule has 0 saturated carbocycles. The van der Waals surface area contributed by atoms with E-state index >= 15 is 0 Å². The summed E-state index contributed by atoms with van der Waals surface area (Å²) in [6, 6.07) is 12.0. The van der Waals surface area contributed by atoms with Gasteiger partial charge in [-0.15, -0.1) is 16.4 Å². The fourth-order valence-corrected chi connectivity index (χ4v) is 5.60. The van der Waals surface area contributed by atoms with Gasteiger partial charge in [-0.1, -0.05) is 12.1 Å². The molecule has 0 radical (unpaired) electrons. The van der Waals surface area contributed by atoms with Crippen molar-refractivity contribution in [1.82, 2.24) is 24.9 Å². The minimum Gasteiger partial charge on any atom is -0.496 e. The first-order valence-electron chi connectivity index (χ1n) is 12.5. The van der Waals surface area contributed by atoms with E-state index in [0.717, 1.165) is 22.9 Å². The normalized spacial score (nSPS) is 11.7. The summed E-state index contributed by atoms with van der Waals surface area (Å²) in [7, 11) is 3.13. The fourth-order valence-electron chi connectivity index (χ4n) is 4.09. The van der Waals surface area contributed by atoms with E-state index in [0.29, 0.717) is 44.4 Å². The summed E-state index contributed by atoms with van der Waals surface area (Å²) in [5, 5.41) is 10.4. The zero-order chi connectivity index (χ0) is 29.4. The lowest BCUT2D eigenvalue weighted by atomic mass is 10.1. The number of furan rings is 1. The Balaban J connectivity index is 1.18. The number of alkyl halides is 2. The van der Waals surface area contributed by atoms with Crippen LogP contribution in [0.5, 0.6) is 16.7 Å². The average molecular weight is 612 g/mol. The van der Waals surface area contributed by atoms with Crippen molar-refractivity contribution in [2.24, 2.45) is 0 Å². The first-order chi connectivity index (χ1) is 20.2. The van der Waals surface area contributed by atoms with Crippen LogP contribution in [0.15, 0.2) is 58.5 Å². The molecule has 0 aliphatic rings. The monoisotopic (exact) mass is 611 g/mol. The molecule has 10 nitrogen and oxygen atoms in total. The van der Waals surface area contributed by atoms with Crippen molar-refractivity contribution >= 4 is 44.5 Å². The Bertz CT molecular complexity index is 1860. The Kier molecular flexibility index (Phi) is 7.24. The van der Waals surface area contributed by atoms with Gasteiger partial charge in [0.25, 0.3) is 17.0 Å². The largest absolute Gasteiger partial charge is 0.496 e. The Morgan fingerprint density at radius 2 is 1.93 bits per heavy atom. The predicted molar refractivity (Wildman–Crippen MR) is 154 cm³/mol. The maximum Gasteiger partial charge on any atom is 0.294 e. The molecule has 6 rings (SSSR count). The van der Waals surface area contributed by atoms with Gasteiger partial charge < -0.3 is 23.9 Å². The van der Waals surface area contributed by atoms with Crippen LogP contribution in [-0.2, 0) is 6.61 Å². The number of amides is 1. The molecular weight excluding hydrogens is 588 g/mol. The van der Waals surface area contributed by atoms with Crippen molar-refractivity contribution in [2.45, 2.75) is 19.5 Å². The smallest absolute Gasteiger partial charge is 0.294 e. The van der Waals surface area contributed by atoms with Gasteiger partial charge in [0, 0.05) is 35.6 Å². The number of thiazole rings is 1. The van der Waals surface area contributed by atoms with E-state index in [-0.39, 0.29) is 12.2 Å². The third kappa shape index (κ3) is 5.76. The molecule has 0 unspecified atom stereocenters. The van der Waals surface area contributed by atoms with E-state index in [2.05, 4.69) is 20.4 Å². The molecule has 0 bridgehead atoms. The highest BCUT2D eigenvalue weighted by molar-refractivity contribution is 7.18. The van der Waals surface area contributed by atoms with Crippen molar-refractivity contribution in [1.29, 1.82) is 0 Å². The molecule has 0 aliphatic heterocycles. The van der Waals surface area contributed by atoms with Gasteiger partial charge in [0.2, 0.25) is 4.96 Å². The number of nitrogens with one attached hydrogen (secondary N) is 1. The number of imidazole rings is 1. The third-order valence-electron chi connectivity index (χ3n) is 6.14. The number of rotatable bonds is 10. The fraction of sp³-hybridized carbons (Fsp3) is 0.214. The second-order valence-corrected chi connectivity index (χ2v) is 11.1. The minimum atomic E-state index is -2.98. The molecule has 0 spiro atoms. The topological polar surface area (TPSA) is 113 Å². The highest BCUT2D eigenvalue weighted by atomic mass is 32.1. The molecule has 14 heteroatoms. The number of carbonyl (C=O) groups excluding carboxylic acids is 1. The predicted octanol–water partition coefficient (Wildman–Crippen LogP) is 6.31. The van der Waals surface area contributed by atoms with Crippen LogP contribution < -0.4 is 19.5 Å². The molecule has 4 aromatic heterocycles. The van der Waals surface area contributed by atoms with Gasteiger partial charge in [0.1, 0.15) is 34.4 Å². The van der Waals surface area contributed by atoms with Crippen molar-refractivity contribution in [3.8, 4) is 38.7 Å². The average Bonchev–Trinajstić information content (AvgIpc) is 3.76. The number of halogens is 2. The molecule has 6 aromatic rings. The summed E-state index contributed by atoms with van der Waals surface area (Å²) in [6.07, 6.45) is 1.77. The number of aromatic nitrogens is 4. The number of carbonyl (C=O) groups is 1. The van der Waals surface area contributed by atoms with Crippen molar-refractivity contribution < 1.29 is 32.2 Å². The minimum absolute atomic E-state index is 0.189. The van der Waals surface area contributed by atoms with Gasteiger partial charge in [0.05, 0.1) is 38.0 Å². The molecular formula is C28H23F2N5O5S2.